The van der Waals surface area contributed by atoms with Crippen LogP contribution in [0.4, 0.5) is 0 Å². The van der Waals surface area contributed by atoms with Crippen molar-refractivity contribution in [1.82, 2.24) is 19.9 Å². The fourth-order valence-corrected chi connectivity index (χ4v) is 3.34. The quantitative estimate of drug-likeness (QED) is 0.785. The topological polar surface area (TPSA) is 68.5 Å². The number of ether oxygens (including phenoxy) is 1. The summed E-state index contributed by atoms with van der Waals surface area (Å²) >= 11 is 0. The molecule has 1 atom stereocenters. The van der Waals surface area contributed by atoms with Crippen molar-refractivity contribution in [3.05, 3.63) is 53.5 Å². The van der Waals surface area contributed by atoms with Gasteiger partial charge in [0, 0.05) is 30.5 Å². The summed E-state index contributed by atoms with van der Waals surface area (Å²) in [6.07, 6.45) is 4.21. The van der Waals surface area contributed by atoms with E-state index >= 15 is 0 Å². The average Bonchev–Trinajstić information content (AvgIpc) is 3.29. The predicted octanol–water partition coefficient (Wildman–Crippen LogP) is 2.92. The Kier molecular flexibility index (Phi) is 4.42. The lowest BCUT2D eigenvalue weighted by molar-refractivity contribution is 0.0858. The maximum atomic E-state index is 12.3. The van der Waals surface area contributed by atoms with Gasteiger partial charge in [0.15, 0.2) is 5.65 Å². The van der Waals surface area contributed by atoms with Gasteiger partial charge in [0.1, 0.15) is 5.82 Å². The largest absolute Gasteiger partial charge is 0.376 e. The molecular weight excluding hydrogens is 328 g/mol. The van der Waals surface area contributed by atoms with E-state index in [2.05, 4.69) is 21.5 Å². The van der Waals surface area contributed by atoms with Gasteiger partial charge in [0.2, 0.25) is 0 Å². The minimum atomic E-state index is -0.0643. The molecule has 0 saturated carbocycles. The Bertz CT molecular complexity index is 940. The number of pyridine rings is 1. The number of rotatable bonds is 4. The fraction of sp³-hybridized carbons (Fsp3) is 0.350. The van der Waals surface area contributed by atoms with Crippen molar-refractivity contribution in [2.75, 3.05) is 13.2 Å². The van der Waals surface area contributed by atoms with Crippen LogP contribution in [0.1, 0.15) is 34.6 Å². The normalized spacial score (nSPS) is 16.9. The van der Waals surface area contributed by atoms with Crippen LogP contribution < -0.4 is 5.32 Å². The van der Waals surface area contributed by atoms with Crippen molar-refractivity contribution in [1.29, 1.82) is 0 Å². The number of aromatic nitrogens is 3. The molecule has 1 amide bonds. The first-order valence-electron chi connectivity index (χ1n) is 8.94. The van der Waals surface area contributed by atoms with Crippen LogP contribution in [0.2, 0.25) is 0 Å². The monoisotopic (exact) mass is 350 g/mol. The number of aryl methyl sites for hydroxylation is 2. The summed E-state index contributed by atoms with van der Waals surface area (Å²) in [6.45, 7) is 5.28. The molecular formula is C20H22N4O2. The smallest absolute Gasteiger partial charge is 0.251 e. The van der Waals surface area contributed by atoms with Crippen LogP contribution in [0, 0.1) is 13.8 Å². The number of fused-ring (bicyclic) bond motifs is 1. The first-order valence-corrected chi connectivity index (χ1v) is 8.94. The number of hydrogen-bond acceptors (Lipinski definition) is 4. The molecule has 6 nitrogen and oxygen atoms in total. The summed E-state index contributed by atoms with van der Waals surface area (Å²) in [5, 5.41) is 7.35. The molecule has 1 saturated heterocycles. The summed E-state index contributed by atoms with van der Waals surface area (Å²) in [5.41, 5.74) is 4.68. The molecule has 4 rings (SSSR count). The molecule has 6 heteroatoms. The number of nitrogens with one attached hydrogen (secondary N) is 1. The van der Waals surface area contributed by atoms with E-state index < -0.39 is 0 Å². The minimum absolute atomic E-state index is 0.0643. The maximum Gasteiger partial charge on any atom is 0.251 e. The molecule has 3 heterocycles. The molecule has 1 fully saturated rings. The lowest BCUT2D eigenvalue weighted by Gasteiger charge is -2.11. The Balaban J connectivity index is 1.51. The lowest BCUT2D eigenvalue weighted by atomic mass is 10.0. The number of carbonyl (C=O) groups excluding carboxylic acids is 1. The van der Waals surface area contributed by atoms with Crippen molar-refractivity contribution in [3.8, 4) is 11.1 Å². The van der Waals surface area contributed by atoms with Crippen molar-refractivity contribution >= 4 is 11.6 Å². The van der Waals surface area contributed by atoms with Crippen LogP contribution in [0.3, 0.4) is 0 Å². The van der Waals surface area contributed by atoms with Crippen LogP contribution in [0.25, 0.3) is 16.8 Å². The third kappa shape index (κ3) is 3.32. The molecule has 1 unspecified atom stereocenters. The van der Waals surface area contributed by atoms with Gasteiger partial charge in [-0.1, -0.05) is 12.1 Å². The Morgan fingerprint density at radius 2 is 2.08 bits per heavy atom. The Morgan fingerprint density at radius 1 is 1.27 bits per heavy atom. The van der Waals surface area contributed by atoms with Gasteiger partial charge >= 0.3 is 0 Å². The zero-order chi connectivity index (χ0) is 18.1. The number of nitrogens with zero attached hydrogens (tertiary/aromatic N) is 3. The zero-order valence-corrected chi connectivity index (χ0v) is 15.0. The minimum Gasteiger partial charge on any atom is -0.376 e. The van der Waals surface area contributed by atoms with E-state index in [9.17, 15) is 4.79 Å². The molecule has 134 valence electrons. The van der Waals surface area contributed by atoms with Crippen LogP contribution >= 0.6 is 0 Å². The maximum absolute atomic E-state index is 12.3. The van der Waals surface area contributed by atoms with Gasteiger partial charge in [-0.05, 0) is 56.0 Å². The highest BCUT2D eigenvalue weighted by atomic mass is 16.5. The second kappa shape index (κ2) is 6.88. The number of hydrogen-bond donors (Lipinski definition) is 1. The van der Waals surface area contributed by atoms with Crippen molar-refractivity contribution in [2.24, 2.45) is 0 Å². The van der Waals surface area contributed by atoms with E-state index in [1.165, 1.54) is 0 Å². The molecule has 0 spiro atoms. The van der Waals surface area contributed by atoms with Gasteiger partial charge in [-0.3, -0.25) is 4.79 Å². The van der Waals surface area contributed by atoms with Crippen molar-refractivity contribution in [2.45, 2.75) is 32.8 Å². The highest BCUT2D eigenvalue weighted by Crippen LogP contribution is 2.23. The first-order chi connectivity index (χ1) is 12.6. The molecule has 3 aromatic rings. The Hall–Kier alpha value is -2.73. The third-order valence-electron chi connectivity index (χ3n) is 4.72. The Morgan fingerprint density at radius 3 is 2.81 bits per heavy atom. The molecule has 1 N–H and O–H groups in total. The highest BCUT2D eigenvalue weighted by molar-refractivity contribution is 5.94. The molecule has 1 aliphatic rings. The third-order valence-corrected chi connectivity index (χ3v) is 4.72. The molecule has 1 aliphatic heterocycles. The summed E-state index contributed by atoms with van der Waals surface area (Å²) in [4.78, 5) is 16.7. The van der Waals surface area contributed by atoms with Gasteiger partial charge in [-0.15, -0.1) is 0 Å². The van der Waals surface area contributed by atoms with E-state index in [0.717, 1.165) is 47.6 Å². The number of carbonyl (C=O) groups is 1. The number of amides is 1. The van der Waals surface area contributed by atoms with Crippen molar-refractivity contribution < 1.29 is 9.53 Å². The summed E-state index contributed by atoms with van der Waals surface area (Å²) in [7, 11) is 0. The first kappa shape index (κ1) is 16.7. The van der Waals surface area contributed by atoms with Crippen LogP contribution in [0.15, 0.2) is 36.5 Å². The second-order valence-corrected chi connectivity index (χ2v) is 6.76. The van der Waals surface area contributed by atoms with E-state index in [0.29, 0.717) is 12.1 Å². The van der Waals surface area contributed by atoms with Gasteiger partial charge in [0.05, 0.1) is 6.10 Å². The van der Waals surface area contributed by atoms with Crippen molar-refractivity contribution in [3.63, 3.8) is 0 Å². The lowest BCUT2D eigenvalue weighted by Crippen LogP contribution is -2.31. The average molecular weight is 350 g/mol. The molecule has 0 bridgehead atoms. The van der Waals surface area contributed by atoms with Gasteiger partial charge < -0.3 is 10.1 Å². The predicted molar refractivity (Wildman–Crippen MR) is 99.2 cm³/mol. The fourth-order valence-electron chi connectivity index (χ4n) is 3.34. The zero-order valence-electron chi connectivity index (χ0n) is 15.0. The summed E-state index contributed by atoms with van der Waals surface area (Å²) in [5.74, 6) is 0.689. The standard InChI is InChI=1S/C20H22N4O2/c1-13-10-17(12-24-19(13)22-14(2)23-24)15-5-7-16(8-6-15)20(25)21-11-18-4-3-9-26-18/h5-8,10,12,18H,3-4,9,11H2,1-2H3,(H,21,25). The highest BCUT2D eigenvalue weighted by Gasteiger charge is 2.16. The second-order valence-electron chi connectivity index (χ2n) is 6.76. The van der Waals surface area contributed by atoms with E-state index in [1.54, 1.807) is 0 Å². The van der Waals surface area contributed by atoms with E-state index in [-0.39, 0.29) is 12.0 Å². The Labute approximate surface area is 152 Å². The SMILES string of the molecule is Cc1nc2c(C)cc(-c3ccc(C(=O)NCC4CCCO4)cc3)cn2n1. The summed E-state index contributed by atoms with van der Waals surface area (Å²) < 4.78 is 7.34. The molecule has 0 radical (unpaired) electrons. The van der Waals surface area contributed by atoms with Gasteiger partial charge in [-0.25, -0.2) is 9.50 Å². The molecule has 1 aromatic carbocycles. The van der Waals surface area contributed by atoms with Crippen LogP contribution in [0.5, 0.6) is 0 Å². The summed E-state index contributed by atoms with van der Waals surface area (Å²) in [6, 6.07) is 9.73. The molecule has 26 heavy (non-hydrogen) atoms. The van der Waals surface area contributed by atoms with Crippen LogP contribution in [-0.4, -0.2) is 39.8 Å². The van der Waals surface area contributed by atoms with E-state index in [4.69, 9.17) is 4.74 Å². The number of benzene rings is 1. The van der Waals surface area contributed by atoms with Gasteiger partial charge in [-0.2, -0.15) is 5.10 Å². The van der Waals surface area contributed by atoms with E-state index in [1.807, 2.05) is 48.8 Å². The van der Waals surface area contributed by atoms with Crippen LogP contribution in [-0.2, 0) is 4.74 Å². The molecule has 0 aliphatic carbocycles. The van der Waals surface area contributed by atoms with Gasteiger partial charge in [0.25, 0.3) is 5.91 Å². The molecule has 2 aromatic heterocycles.